The van der Waals surface area contributed by atoms with Crippen molar-refractivity contribution in [3.05, 3.63) is 42.5 Å². The van der Waals surface area contributed by atoms with E-state index in [2.05, 4.69) is 10.6 Å². The summed E-state index contributed by atoms with van der Waals surface area (Å²) in [6.07, 6.45) is 0. The van der Waals surface area contributed by atoms with Gasteiger partial charge in [-0.3, -0.25) is 4.79 Å². The van der Waals surface area contributed by atoms with Gasteiger partial charge in [0.05, 0.1) is 23.9 Å². The molecule has 0 saturated carbocycles. The van der Waals surface area contributed by atoms with Crippen molar-refractivity contribution >= 4 is 29.0 Å². The summed E-state index contributed by atoms with van der Waals surface area (Å²) in [6.45, 7) is 3.99. The number of ether oxygens (including phenoxy) is 2. The summed E-state index contributed by atoms with van der Waals surface area (Å²) in [5.41, 5.74) is 1.09. The minimum atomic E-state index is -0.622. The first-order valence-electron chi connectivity index (χ1n) is 8.58. The average Bonchev–Trinajstić information content (AvgIpc) is 2.73. The molecule has 2 aromatic rings. The highest BCUT2D eigenvalue weighted by Gasteiger charge is 2.36. The summed E-state index contributed by atoms with van der Waals surface area (Å²) in [5, 5.41) is 5.52. The Bertz CT molecular complexity index is 879. The van der Waals surface area contributed by atoms with E-state index < -0.39 is 11.4 Å². The van der Waals surface area contributed by atoms with E-state index in [9.17, 15) is 9.59 Å². The maximum absolute atomic E-state index is 12.6. The van der Waals surface area contributed by atoms with Crippen LogP contribution in [0.5, 0.6) is 11.5 Å². The SMILES string of the molecule is COc1ccccc1NC(=O)Nc1ccc2c(c1)N(C)C(=O)C(C)(C)CO2. The van der Waals surface area contributed by atoms with Crippen molar-refractivity contribution in [3.63, 3.8) is 0 Å². The topological polar surface area (TPSA) is 79.9 Å². The quantitative estimate of drug-likeness (QED) is 0.864. The number of nitrogens with one attached hydrogen (secondary N) is 2. The van der Waals surface area contributed by atoms with E-state index in [1.54, 1.807) is 55.5 Å². The van der Waals surface area contributed by atoms with Crippen molar-refractivity contribution < 1.29 is 19.1 Å². The van der Waals surface area contributed by atoms with Gasteiger partial charge in [0.15, 0.2) is 0 Å². The van der Waals surface area contributed by atoms with Gasteiger partial charge in [0.1, 0.15) is 18.1 Å². The Balaban J connectivity index is 1.79. The van der Waals surface area contributed by atoms with Crippen LogP contribution in [0.1, 0.15) is 13.8 Å². The van der Waals surface area contributed by atoms with Crippen LogP contribution in [0.4, 0.5) is 21.9 Å². The van der Waals surface area contributed by atoms with Gasteiger partial charge in [-0.15, -0.1) is 0 Å². The molecule has 3 rings (SSSR count). The summed E-state index contributed by atoms with van der Waals surface area (Å²) >= 11 is 0. The lowest BCUT2D eigenvalue weighted by atomic mass is 9.93. The highest BCUT2D eigenvalue weighted by molar-refractivity contribution is 6.03. The highest BCUT2D eigenvalue weighted by atomic mass is 16.5. The van der Waals surface area contributed by atoms with Gasteiger partial charge in [-0.2, -0.15) is 0 Å². The number of hydrogen-bond donors (Lipinski definition) is 2. The summed E-state index contributed by atoms with van der Waals surface area (Å²) in [6, 6.07) is 11.9. The minimum Gasteiger partial charge on any atom is -0.495 e. The predicted octanol–water partition coefficient (Wildman–Crippen LogP) is 3.72. The monoisotopic (exact) mass is 369 g/mol. The van der Waals surface area contributed by atoms with Gasteiger partial charge in [-0.05, 0) is 44.2 Å². The van der Waals surface area contributed by atoms with Gasteiger partial charge in [0.2, 0.25) is 5.91 Å². The Morgan fingerprint density at radius 2 is 1.93 bits per heavy atom. The number of carbonyl (C=O) groups is 2. The predicted molar refractivity (Wildman–Crippen MR) is 105 cm³/mol. The number of hydrogen-bond acceptors (Lipinski definition) is 4. The molecule has 0 radical (unpaired) electrons. The molecule has 0 aromatic heterocycles. The number of benzene rings is 2. The molecule has 7 nitrogen and oxygen atoms in total. The van der Waals surface area contributed by atoms with Crippen molar-refractivity contribution in [3.8, 4) is 11.5 Å². The number of carbonyl (C=O) groups excluding carboxylic acids is 2. The fourth-order valence-corrected chi connectivity index (χ4v) is 2.90. The number of amides is 3. The number of rotatable bonds is 3. The maximum Gasteiger partial charge on any atom is 0.323 e. The van der Waals surface area contributed by atoms with E-state index in [0.29, 0.717) is 35.2 Å². The fourth-order valence-electron chi connectivity index (χ4n) is 2.90. The van der Waals surface area contributed by atoms with Crippen molar-refractivity contribution in [2.45, 2.75) is 13.8 Å². The third-order valence-electron chi connectivity index (χ3n) is 4.41. The molecule has 0 spiro atoms. The van der Waals surface area contributed by atoms with Gasteiger partial charge >= 0.3 is 6.03 Å². The number of methoxy groups -OCH3 is 1. The van der Waals surface area contributed by atoms with Gasteiger partial charge < -0.3 is 25.0 Å². The first-order valence-corrected chi connectivity index (χ1v) is 8.58. The fraction of sp³-hybridized carbons (Fsp3) is 0.300. The number of urea groups is 1. The summed E-state index contributed by atoms with van der Waals surface area (Å²) in [7, 11) is 3.25. The van der Waals surface area contributed by atoms with E-state index in [4.69, 9.17) is 9.47 Å². The highest BCUT2D eigenvalue weighted by Crippen LogP contribution is 2.37. The smallest absolute Gasteiger partial charge is 0.323 e. The minimum absolute atomic E-state index is 0.0446. The van der Waals surface area contributed by atoms with Gasteiger partial charge in [0, 0.05) is 12.7 Å². The van der Waals surface area contributed by atoms with Crippen LogP contribution in [0.3, 0.4) is 0 Å². The Morgan fingerprint density at radius 3 is 2.67 bits per heavy atom. The van der Waals surface area contributed by atoms with E-state index in [0.717, 1.165) is 0 Å². The maximum atomic E-state index is 12.6. The molecule has 0 unspecified atom stereocenters. The second-order valence-electron chi connectivity index (χ2n) is 7.00. The lowest BCUT2D eigenvalue weighted by molar-refractivity contribution is -0.127. The molecule has 1 aliphatic rings. The zero-order valence-electron chi connectivity index (χ0n) is 15.8. The van der Waals surface area contributed by atoms with Crippen LogP contribution in [-0.2, 0) is 4.79 Å². The molecule has 1 aliphatic heterocycles. The average molecular weight is 369 g/mol. The molecule has 0 saturated heterocycles. The number of anilines is 3. The standard InChI is InChI=1S/C20H23N3O4/c1-20(2)12-27-17-10-9-13(11-15(17)23(3)18(20)24)21-19(25)22-14-7-5-6-8-16(14)26-4/h5-11H,12H2,1-4H3,(H2,21,22,25). The van der Waals surface area contributed by atoms with Gasteiger partial charge in [0.25, 0.3) is 0 Å². The van der Waals surface area contributed by atoms with E-state index in [1.165, 1.54) is 0 Å². The molecular formula is C20H23N3O4. The number of para-hydroxylation sites is 2. The molecule has 0 bridgehead atoms. The Morgan fingerprint density at radius 1 is 1.19 bits per heavy atom. The third kappa shape index (κ3) is 3.81. The van der Waals surface area contributed by atoms with Crippen LogP contribution in [0, 0.1) is 5.41 Å². The summed E-state index contributed by atoms with van der Waals surface area (Å²) in [5.74, 6) is 1.12. The zero-order valence-corrected chi connectivity index (χ0v) is 15.8. The van der Waals surface area contributed by atoms with Crippen LogP contribution < -0.4 is 25.0 Å². The Hall–Kier alpha value is -3.22. The molecule has 142 valence electrons. The lowest BCUT2D eigenvalue weighted by Crippen LogP contribution is -2.39. The van der Waals surface area contributed by atoms with Crippen LogP contribution in [0.25, 0.3) is 0 Å². The lowest BCUT2D eigenvalue weighted by Gasteiger charge is -2.24. The van der Waals surface area contributed by atoms with Crippen LogP contribution in [0.2, 0.25) is 0 Å². The molecular weight excluding hydrogens is 346 g/mol. The van der Waals surface area contributed by atoms with Crippen molar-refractivity contribution in [1.29, 1.82) is 0 Å². The summed E-state index contributed by atoms with van der Waals surface area (Å²) < 4.78 is 11.0. The summed E-state index contributed by atoms with van der Waals surface area (Å²) in [4.78, 5) is 26.5. The molecule has 0 aliphatic carbocycles. The van der Waals surface area contributed by atoms with Gasteiger partial charge in [-0.1, -0.05) is 12.1 Å². The zero-order chi connectivity index (χ0) is 19.6. The van der Waals surface area contributed by atoms with Crippen LogP contribution in [0.15, 0.2) is 42.5 Å². The van der Waals surface area contributed by atoms with Crippen LogP contribution >= 0.6 is 0 Å². The Labute approximate surface area is 158 Å². The third-order valence-corrected chi connectivity index (χ3v) is 4.41. The molecule has 2 aromatic carbocycles. The molecule has 7 heteroatoms. The molecule has 3 amide bonds. The molecule has 0 atom stereocenters. The molecule has 2 N–H and O–H groups in total. The van der Waals surface area contributed by atoms with Crippen molar-refractivity contribution in [1.82, 2.24) is 0 Å². The first-order chi connectivity index (χ1) is 12.8. The van der Waals surface area contributed by atoms with Crippen LogP contribution in [-0.4, -0.2) is 32.7 Å². The number of nitrogens with zero attached hydrogens (tertiary/aromatic N) is 1. The largest absolute Gasteiger partial charge is 0.495 e. The Kier molecular flexibility index (Phi) is 4.94. The second kappa shape index (κ2) is 7.19. The first kappa shape index (κ1) is 18.6. The van der Waals surface area contributed by atoms with Crippen molar-refractivity contribution in [2.24, 2.45) is 5.41 Å². The molecule has 0 fully saturated rings. The molecule has 27 heavy (non-hydrogen) atoms. The molecule has 1 heterocycles. The van der Waals surface area contributed by atoms with E-state index >= 15 is 0 Å². The van der Waals surface area contributed by atoms with E-state index in [-0.39, 0.29) is 5.91 Å². The normalized spacial score (nSPS) is 15.3. The van der Waals surface area contributed by atoms with Gasteiger partial charge in [-0.25, -0.2) is 4.79 Å². The van der Waals surface area contributed by atoms with E-state index in [1.807, 2.05) is 19.9 Å². The number of fused-ring (bicyclic) bond motifs is 1. The second-order valence-corrected chi connectivity index (χ2v) is 7.00. The van der Waals surface area contributed by atoms with Crippen molar-refractivity contribution in [2.75, 3.05) is 36.3 Å².